The van der Waals surface area contributed by atoms with Crippen LogP contribution in [0.25, 0.3) is 11.4 Å². The summed E-state index contributed by atoms with van der Waals surface area (Å²) in [6.45, 7) is 8.91. The van der Waals surface area contributed by atoms with Crippen LogP contribution in [0.2, 0.25) is 0 Å². The molecule has 1 aliphatic rings. The largest absolute Gasteiger partial charge is 0.505 e. The van der Waals surface area contributed by atoms with Gasteiger partial charge in [0.1, 0.15) is 11.3 Å². The number of pyridine rings is 1. The highest BCUT2D eigenvalue weighted by molar-refractivity contribution is 6.46. The number of nitrogens with zero attached hydrogens (tertiary/aromatic N) is 3. The lowest BCUT2D eigenvalue weighted by Crippen LogP contribution is -2.32. The number of likely N-dealkylation sites (tertiary alicyclic amines) is 1. The van der Waals surface area contributed by atoms with Gasteiger partial charge in [-0.2, -0.15) is 0 Å². The number of aliphatic hydroxyl groups excluding tert-OH is 1. The van der Waals surface area contributed by atoms with E-state index in [4.69, 9.17) is 14.2 Å². The molecule has 1 amide bonds. The second kappa shape index (κ2) is 11.3. The zero-order chi connectivity index (χ0) is 27.6. The predicted octanol–water partition coefficient (Wildman–Crippen LogP) is 4.45. The summed E-state index contributed by atoms with van der Waals surface area (Å²) in [6, 6.07) is 8.26. The number of hydrogen-bond acceptors (Lipinski definition) is 7. The van der Waals surface area contributed by atoms with Gasteiger partial charge in [0.15, 0.2) is 17.3 Å². The van der Waals surface area contributed by atoms with Gasteiger partial charge in [-0.1, -0.05) is 26.0 Å². The summed E-state index contributed by atoms with van der Waals surface area (Å²) >= 11 is 0. The molecule has 2 aromatic heterocycles. The molecule has 38 heavy (non-hydrogen) atoms. The van der Waals surface area contributed by atoms with Gasteiger partial charge in [0.05, 0.1) is 37.6 Å². The average molecular weight is 522 g/mol. The molecule has 1 aliphatic heterocycles. The molecule has 0 saturated carbocycles. The van der Waals surface area contributed by atoms with Crippen molar-refractivity contribution in [3.8, 4) is 11.5 Å². The van der Waals surface area contributed by atoms with E-state index in [0.29, 0.717) is 40.9 Å². The number of ketones is 1. The zero-order valence-corrected chi connectivity index (χ0v) is 22.8. The van der Waals surface area contributed by atoms with Crippen LogP contribution >= 0.6 is 0 Å². The van der Waals surface area contributed by atoms with E-state index in [1.165, 1.54) is 12.0 Å². The number of aromatic nitrogens is 2. The van der Waals surface area contributed by atoms with Gasteiger partial charge in [0, 0.05) is 19.9 Å². The van der Waals surface area contributed by atoms with Gasteiger partial charge in [-0.15, -0.1) is 0 Å². The van der Waals surface area contributed by atoms with Crippen LogP contribution < -0.4 is 9.47 Å². The Bertz CT molecular complexity index is 1390. The second-order valence-electron chi connectivity index (χ2n) is 9.86. The number of amides is 1. The molecular weight excluding hydrogens is 486 g/mol. The van der Waals surface area contributed by atoms with Crippen LogP contribution in [0.15, 0.2) is 42.1 Å². The Morgan fingerprint density at radius 2 is 1.87 bits per heavy atom. The van der Waals surface area contributed by atoms with E-state index < -0.39 is 17.7 Å². The number of aliphatic hydroxyl groups is 1. The number of aryl methyl sites for hydroxylation is 2. The second-order valence-corrected chi connectivity index (χ2v) is 9.86. The van der Waals surface area contributed by atoms with Gasteiger partial charge in [-0.05, 0) is 55.5 Å². The van der Waals surface area contributed by atoms with Crippen LogP contribution in [-0.4, -0.2) is 65.1 Å². The van der Waals surface area contributed by atoms with Crippen molar-refractivity contribution in [1.29, 1.82) is 0 Å². The van der Waals surface area contributed by atoms with E-state index in [2.05, 4.69) is 18.8 Å². The Labute approximate surface area is 222 Å². The van der Waals surface area contributed by atoms with E-state index in [-0.39, 0.29) is 30.2 Å². The first-order chi connectivity index (χ1) is 18.2. The standard InChI is InChI=1S/C29H35N3O6/c1-17(2)11-14-38-21-10-9-20(16-22(21)37-6)25-23(27(34)29(35)32(25)13-15-36-5)26(33)24-19(4)31-12-7-8-18(3)28(31)30-24/h7-10,12,16-17,25,33H,11,13-15H2,1-6H3/b26-23+. The molecule has 4 rings (SSSR count). The van der Waals surface area contributed by atoms with E-state index in [1.807, 2.05) is 36.6 Å². The number of hydrogen-bond donors (Lipinski definition) is 1. The number of methoxy groups -OCH3 is 2. The molecule has 1 saturated heterocycles. The van der Waals surface area contributed by atoms with Crippen LogP contribution in [0.4, 0.5) is 0 Å². The fourth-order valence-electron chi connectivity index (χ4n) is 4.70. The van der Waals surface area contributed by atoms with Crippen molar-refractivity contribution < 1.29 is 28.9 Å². The smallest absolute Gasteiger partial charge is 0.295 e. The molecular formula is C29H35N3O6. The third-order valence-corrected chi connectivity index (χ3v) is 6.84. The summed E-state index contributed by atoms with van der Waals surface area (Å²) in [6.07, 6.45) is 2.74. The fraction of sp³-hybridized carbons (Fsp3) is 0.414. The Hall–Kier alpha value is -3.85. The van der Waals surface area contributed by atoms with E-state index in [9.17, 15) is 14.7 Å². The minimum atomic E-state index is -0.853. The highest BCUT2D eigenvalue weighted by Gasteiger charge is 2.46. The van der Waals surface area contributed by atoms with Crippen LogP contribution in [0.5, 0.6) is 11.5 Å². The Morgan fingerprint density at radius 3 is 2.53 bits per heavy atom. The monoisotopic (exact) mass is 521 g/mol. The lowest BCUT2D eigenvalue weighted by atomic mass is 9.96. The maximum Gasteiger partial charge on any atom is 0.295 e. The van der Waals surface area contributed by atoms with Gasteiger partial charge < -0.3 is 28.6 Å². The van der Waals surface area contributed by atoms with Crippen molar-refractivity contribution in [1.82, 2.24) is 14.3 Å². The van der Waals surface area contributed by atoms with Crippen molar-refractivity contribution in [2.24, 2.45) is 5.92 Å². The van der Waals surface area contributed by atoms with Crippen molar-refractivity contribution in [2.45, 2.75) is 40.2 Å². The van der Waals surface area contributed by atoms with Crippen molar-refractivity contribution >= 4 is 23.1 Å². The lowest BCUT2D eigenvalue weighted by Gasteiger charge is -2.25. The van der Waals surface area contributed by atoms with E-state index in [1.54, 1.807) is 25.3 Å². The maximum absolute atomic E-state index is 13.4. The third-order valence-electron chi connectivity index (χ3n) is 6.84. The molecule has 0 aliphatic carbocycles. The minimum Gasteiger partial charge on any atom is -0.505 e. The maximum atomic E-state index is 13.4. The van der Waals surface area contributed by atoms with Crippen LogP contribution in [0.3, 0.4) is 0 Å². The fourth-order valence-corrected chi connectivity index (χ4v) is 4.70. The molecule has 1 aromatic carbocycles. The molecule has 1 fully saturated rings. The van der Waals surface area contributed by atoms with Crippen molar-refractivity contribution in [3.63, 3.8) is 0 Å². The number of ether oxygens (including phenoxy) is 3. The quantitative estimate of drug-likeness (QED) is 0.239. The van der Waals surface area contributed by atoms with Crippen molar-refractivity contribution in [2.75, 3.05) is 34.0 Å². The van der Waals surface area contributed by atoms with Crippen molar-refractivity contribution in [3.05, 3.63) is 64.6 Å². The normalized spacial score (nSPS) is 17.1. The summed E-state index contributed by atoms with van der Waals surface area (Å²) in [5.41, 5.74) is 3.09. The SMILES string of the molecule is COCCN1C(=O)C(=O)/C(=C(/O)c2nc3c(C)cccn3c2C)C1c1ccc(OCCC(C)C)c(OC)c1. The summed E-state index contributed by atoms with van der Waals surface area (Å²) in [5.74, 6) is -0.256. The first-order valence-electron chi connectivity index (χ1n) is 12.7. The molecule has 9 heteroatoms. The summed E-state index contributed by atoms with van der Waals surface area (Å²) in [4.78, 5) is 32.6. The summed E-state index contributed by atoms with van der Waals surface area (Å²) < 4.78 is 18.6. The number of fused-ring (bicyclic) bond motifs is 1. The van der Waals surface area contributed by atoms with Crippen LogP contribution in [-0.2, 0) is 14.3 Å². The number of carbonyl (C=O) groups is 2. The molecule has 0 bridgehead atoms. The molecule has 1 unspecified atom stereocenters. The topological polar surface area (TPSA) is 103 Å². The van der Waals surface area contributed by atoms with Crippen LogP contribution in [0.1, 0.15) is 48.8 Å². The van der Waals surface area contributed by atoms with Gasteiger partial charge in [-0.3, -0.25) is 9.59 Å². The van der Waals surface area contributed by atoms with Gasteiger partial charge in [0.2, 0.25) is 0 Å². The number of benzene rings is 1. The summed E-state index contributed by atoms with van der Waals surface area (Å²) in [7, 11) is 3.07. The number of rotatable bonds is 10. The average Bonchev–Trinajstić information content (AvgIpc) is 3.37. The highest BCUT2D eigenvalue weighted by atomic mass is 16.5. The molecule has 202 valence electrons. The highest BCUT2D eigenvalue weighted by Crippen LogP contribution is 2.42. The van der Waals surface area contributed by atoms with Gasteiger partial charge >= 0.3 is 0 Å². The summed E-state index contributed by atoms with van der Waals surface area (Å²) in [5, 5.41) is 11.5. The number of imidazole rings is 1. The third kappa shape index (κ3) is 4.98. The van der Waals surface area contributed by atoms with Gasteiger partial charge in [0.25, 0.3) is 11.7 Å². The minimum absolute atomic E-state index is 0.0224. The number of carbonyl (C=O) groups excluding carboxylic acids is 2. The zero-order valence-electron chi connectivity index (χ0n) is 22.8. The van der Waals surface area contributed by atoms with Gasteiger partial charge in [-0.25, -0.2) is 4.98 Å². The number of Topliss-reactive ketones (excluding diaryl/α,β-unsaturated/α-hetero) is 1. The molecule has 3 heterocycles. The molecule has 0 spiro atoms. The van der Waals surface area contributed by atoms with E-state index >= 15 is 0 Å². The Kier molecular flexibility index (Phi) is 8.06. The van der Waals surface area contributed by atoms with Crippen LogP contribution in [0, 0.1) is 19.8 Å². The lowest BCUT2D eigenvalue weighted by molar-refractivity contribution is -0.140. The Morgan fingerprint density at radius 1 is 1.11 bits per heavy atom. The Balaban J connectivity index is 1.84. The molecule has 1 atom stereocenters. The predicted molar refractivity (Wildman–Crippen MR) is 143 cm³/mol. The van der Waals surface area contributed by atoms with E-state index in [0.717, 1.165) is 12.0 Å². The first-order valence-corrected chi connectivity index (χ1v) is 12.7. The first kappa shape index (κ1) is 27.2. The molecule has 1 N–H and O–H groups in total. The molecule has 0 radical (unpaired) electrons. The molecule has 9 nitrogen and oxygen atoms in total. The molecule has 3 aromatic rings.